The van der Waals surface area contributed by atoms with E-state index in [9.17, 15) is 20.1 Å². The van der Waals surface area contributed by atoms with Crippen molar-refractivity contribution < 1.29 is 20.1 Å². The summed E-state index contributed by atoms with van der Waals surface area (Å²) in [6.45, 7) is 0.470. The van der Waals surface area contributed by atoms with Crippen LogP contribution in [0.1, 0.15) is 17.2 Å². The number of nitrogens with one attached hydrogen (secondary N) is 1. The first kappa shape index (κ1) is 14.9. The Kier molecular flexibility index (Phi) is 4.79. The molecule has 0 aliphatic rings. The molecule has 2 aromatic carbocycles. The first-order valence-electron chi connectivity index (χ1n) is 6.59. The molecule has 0 bridgehead atoms. The zero-order valence-corrected chi connectivity index (χ0v) is 11.4. The molecule has 2 rings (SSSR count). The van der Waals surface area contributed by atoms with Gasteiger partial charge in [-0.1, -0.05) is 24.3 Å². The monoisotopic (exact) mass is 287 g/mol. The van der Waals surface area contributed by atoms with Crippen molar-refractivity contribution >= 4 is 5.97 Å². The molecule has 0 saturated heterocycles. The number of hydrogen-bond donors (Lipinski definition) is 4. The van der Waals surface area contributed by atoms with Gasteiger partial charge in [-0.25, -0.2) is 0 Å². The summed E-state index contributed by atoms with van der Waals surface area (Å²) in [5, 5.41) is 30.9. The molecule has 0 aromatic heterocycles. The van der Waals surface area contributed by atoms with E-state index in [0.717, 1.165) is 5.56 Å². The molecular weight excluding hydrogens is 270 g/mol. The summed E-state index contributed by atoms with van der Waals surface area (Å²) >= 11 is 0. The van der Waals surface area contributed by atoms with E-state index in [1.807, 2.05) is 0 Å². The van der Waals surface area contributed by atoms with E-state index in [1.165, 1.54) is 12.1 Å². The van der Waals surface area contributed by atoms with Gasteiger partial charge in [0.05, 0.1) is 0 Å². The van der Waals surface area contributed by atoms with Crippen LogP contribution in [-0.4, -0.2) is 27.8 Å². The van der Waals surface area contributed by atoms with Crippen molar-refractivity contribution in [1.29, 1.82) is 0 Å². The van der Waals surface area contributed by atoms with E-state index < -0.39 is 12.0 Å². The lowest BCUT2D eigenvalue weighted by molar-refractivity contribution is -0.139. The normalized spacial score (nSPS) is 12.0. The average Bonchev–Trinajstić information content (AvgIpc) is 2.45. The maximum absolute atomic E-state index is 11.3. The predicted octanol–water partition coefficient (Wildman–Crippen LogP) is 2.06. The SMILES string of the molecule is O=C(O)C(NCCc1ccc(O)cc1)c1cccc(O)c1. The highest BCUT2D eigenvalue weighted by Crippen LogP contribution is 2.18. The third kappa shape index (κ3) is 4.22. The molecule has 1 unspecified atom stereocenters. The molecule has 110 valence electrons. The Morgan fingerprint density at radius 3 is 2.38 bits per heavy atom. The quantitative estimate of drug-likeness (QED) is 0.653. The van der Waals surface area contributed by atoms with Crippen LogP contribution in [0.3, 0.4) is 0 Å². The molecule has 0 aliphatic carbocycles. The highest BCUT2D eigenvalue weighted by molar-refractivity contribution is 5.75. The second-order valence-electron chi connectivity index (χ2n) is 4.74. The Bertz CT molecular complexity index is 610. The Morgan fingerprint density at radius 1 is 1.05 bits per heavy atom. The first-order chi connectivity index (χ1) is 10.1. The van der Waals surface area contributed by atoms with Gasteiger partial charge in [0, 0.05) is 6.54 Å². The molecule has 0 amide bonds. The third-order valence-electron chi connectivity index (χ3n) is 3.15. The highest BCUT2D eigenvalue weighted by Gasteiger charge is 2.19. The minimum Gasteiger partial charge on any atom is -0.508 e. The molecular formula is C16H17NO4. The number of aromatic hydroxyl groups is 2. The van der Waals surface area contributed by atoms with E-state index in [4.69, 9.17) is 0 Å². The fourth-order valence-corrected chi connectivity index (χ4v) is 2.08. The molecule has 4 N–H and O–H groups in total. The number of carbonyl (C=O) groups is 1. The highest BCUT2D eigenvalue weighted by atomic mass is 16.4. The van der Waals surface area contributed by atoms with Gasteiger partial charge >= 0.3 is 5.97 Å². The van der Waals surface area contributed by atoms with Crippen LogP contribution in [-0.2, 0) is 11.2 Å². The molecule has 5 heteroatoms. The molecule has 0 aliphatic heterocycles. The minimum absolute atomic E-state index is 0.0408. The largest absolute Gasteiger partial charge is 0.508 e. The van der Waals surface area contributed by atoms with E-state index in [-0.39, 0.29) is 11.5 Å². The predicted molar refractivity (Wildman–Crippen MR) is 78.3 cm³/mol. The number of carboxylic acid groups (broad SMARTS) is 1. The van der Waals surface area contributed by atoms with E-state index >= 15 is 0 Å². The fraction of sp³-hybridized carbons (Fsp3) is 0.188. The lowest BCUT2D eigenvalue weighted by Crippen LogP contribution is -2.30. The van der Waals surface area contributed by atoms with E-state index in [1.54, 1.807) is 36.4 Å². The van der Waals surface area contributed by atoms with E-state index in [0.29, 0.717) is 18.5 Å². The Labute approximate surface area is 122 Å². The fourth-order valence-electron chi connectivity index (χ4n) is 2.08. The first-order valence-corrected chi connectivity index (χ1v) is 6.59. The van der Waals surface area contributed by atoms with E-state index in [2.05, 4.69) is 5.32 Å². The van der Waals surface area contributed by atoms with Crippen LogP contribution in [0.2, 0.25) is 0 Å². The van der Waals surface area contributed by atoms with Crippen LogP contribution in [0.5, 0.6) is 11.5 Å². The van der Waals surface area contributed by atoms with Gasteiger partial charge < -0.3 is 20.6 Å². The summed E-state index contributed by atoms with van der Waals surface area (Å²) in [5.74, 6) is -0.750. The molecule has 1 atom stereocenters. The van der Waals surface area contributed by atoms with Crippen LogP contribution < -0.4 is 5.32 Å². The average molecular weight is 287 g/mol. The number of hydrogen-bond acceptors (Lipinski definition) is 4. The van der Waals surface area contributed by atoms with Crippen LogP contribution in [0.25, 0.3) is 0 Å². The summed E-state index contributed by atoms with van der Waals surface area (Å²) in [5.41, 5.74) is 1.51. The number of rotatable bonds is 6. The number of benzene rings is 2. The minimum atomic E-state index is -0.994. The Hall–Kier alpha value is -2.53. The molecule has 0 saturated carbocycles. The van der Waals surface area contributed by atoms with Gasteiger partial charge in [0.25, 0.3) is 0 Å². The zero-order chi connectivity index (χ0) is 15.2. The van der Waals surface area contributed by atoms with Gasteiger partial charge in [-0.15, -0.1) is 0 Å². The van der Waals surface area contributed by atoms with Gasteiger partial charge in [-0.2, -0.15) is 0 Å². The van der Waals surface area contributed by atoms with Crippen molar-refractivity contribution in [1.82, 2.24) is 5.32 Å². The lowest BCUT2D eigenvalue weighted by atomic mass is 10.1. The number of phenols is 2. The standard InChI is InChI=1S/C16H17NO4/c18-13-6-4-11(5-7-13)8-9-17-15(16(20)21)12-2-1-3-14(19)10-12/h1-7,10,15,17-19H,8-9H2,(H,20,21). The van der Waals surface area contributed by atoms with Crippen molar-refractivity contribution in [3.8, 4) is 11.5 Å². The van der Waals surface area contributed by atoms with Gasteiger partial charge in [-0.05, 0) is 41.8 Å². The molecule has 5 nitrogen and oxygen atoms in total. The van der Waals surface area contributed by atoms with Crippen molar-refractivity contribution in [3.63, 3.8) is 0 Å². The Balaban J connectivity index is 1.98. The number of carboxylic acids is 1. The van der Waals surface area contributed by atoms with Gasteiger partial charge in [-0.3, -0.25) is 4.79 Å². The van der Waals surface area contributed by atoms with Crippen molar-refractivity contribution in [2.45, 2.75) is 12.5 Å². The van der Waals surface area contributed by atoms with Crippen molar-refractivity contribution in [2.75, 3.05) is 6.54 Å². The number of aliphatic carboxylic acids is 1. The van der Waals surface area contributed by atoms with Crippen molar-refractivity contribution in [2.24, 2.45) is 0 Å². The van der Waals surface area contributed by atoms with Gasteiger partial charge in [0.15, 0.2) is 0 Å². The topological polar surface area (TPSA) is 89.8 Å². The third-order valence-corrected chi connectivity index (χ3v) is 3.15. The zero-order valence-electron chi connectivity index (χ0n) is 11.4. The van der Waals surface area contributed by atoms with Gasteiger partial charge in [0.1, 0.15) is 17.5 Å². The smallest absolute Gasteiger partial charge is 0.325 e. The molecule has 0 spiro atoms. The molecule has 0 radical (unpaired) electrons. The second-order valence-corrected chi connectivity index (χ2v) is 4.74. The van der Waals surface area contributed by atoms with Gasteiger partial charge in [0.2, 0.25) is 0 Å². The Morgan fingerprint density at radius 2 is 1.76 bits per heavy atom. The maximum atomic E-state index is 11.3. The summed E-state index contributed by atoms with van der Waals surface area (Å²) in [6, 6.07) is 12.1. The maximum Gasteiger partial charge on any atom is 0.325 e. The molecule has 0 fully saturated rings. The van der Waals surface area contributed by atoms with Crippen LogP contribution in [0, 0.1) is 0 Å². The number of phenolic OH excluding ortho intramolecular Hbond substituents is 2. The summed E-state index contributed by atoms with van der Waals surface area (Å²) in [6.07, 6.45) is 0.642. The molecule has 21 heavy (non-hydrogen) atoms. The molecule has 0 heterocycles. The van der Waals surface area contributed by atoms with Crippen LogP contribution in [0.15, 0.2) is 48.5 Å². The molecule has 2 aromatic rings. The summed E-state index contributed by atoms with van der Waals surface area (Å²) in [7, 11) is 0. The lowest BCUT2D eigenvalue weighted by Gasteiger charge is -2.15. The van der Waals surface area contributed by atoms with Crippen LogP contribution in [0.4, 0.5) is 0 Å². The second kappa shape index (κ2) is 6.76. The van der Waals surface area contributed by atoms with Crippen molar-refractivity contribution in [3.05, 3.63) is 59.7 Å². The van der Waals surface area contributed by atoms with Crippen LogP contribution >= 0.6 is 0 Å². The summed E-state index contributed by atoms with van der Waals surface area (Å²) in [4.78, 5) is 11.3. The summed E-state index contributed by atoms with van der Waals surface area (Å²) < 4.78 is 0.